The van der Waals surface area contributed by atoms with Crippen LogP contribution < -0.4 is 5.32 Å². The number of nitrogens with one attached hydrogen (secondary N) is 1. The second-order valence-corrected chi connectivity index (χ2v) is 5.78. The maximum atomic E-state index is 12.8. The van der Waals surface area contributed by atoms with Gasteiger partial charge in [-0.3, -0.25) is 4.79 Å². The fourth-order valence-corrected chi connectivity index (χ4v) is 2.66. The Morgan fingerprint density at radius 3 is 2.88 bits per heavy atom. The normalized spacial score (nSPS) is 10.2. The lowest BCUT2D eigenvalue weighted by Crippen LogP contribution is -2.23. The smallest absolute Gasteiger partial charge is 0.270 e. The molecule has 6 heteroatoms. The maximum absolute atomic E-state index is 12.8. The number of thiophene rings is 1. The molecule has 1 amide bonds. The summed E-state index contributed by atoms with van der Waals surface area (Å²) in [5, 5.41) is 2.68. The Labute approximate surface area is 110 Å². The summed E-state index contributed by atoms with van der Waals surface area (Å²) in [7, 11) is 0. The minimum atomic E-state index is -0.656. The molecule has 17 heavy (non-hydrogen) atoms. The van der Waals surface area contributed by atoms with Gasteiger partial charge >= 0.3 is 0 Å². The van der Waals surface area contributed by atoms with Crippen molar-refractivity contribution < 1.29 is 9.18 Å². The Kier molecular flexibility index (Phi) is 3.86. The number of hydrogen-bond acceptors (Lipinski definition) is 3. The molecule has 2 aromatic heterocycles. The Hall–Kier alpha value is -1.27. The molecule has 0 aliphatic carbocycles. The van der Waals surface area contributed by atoms with Gasteiger partial charge in [-0.1, -0.05) is 6.07 Å². The van der Waals surface area contributed by atoms with Crippen molar-refractivity contribution in [3.8, 4) is 0 Å². The van der Waals surface area contributed by atoms with Crippen molar-refractivity contribution in [1.82, 2.24) is 10.3 Å². The van der Waals surface area contributed by atoms with Crippen molar-refractivity contribution in [3.05, 3.63) is 50.6 Å². The number of aromatic nitrogens is 1. The van der Waals surface area contributed by atoms with Crippen molar-refractivity contribution in [2.24, 2.45) is 0 Å². The van der Waals surface area contributed by atoms with E-state index in [4.69, 9.17) is 0 Å². The van der Waals surface area contributed by atoms with Crippen LogP contribution in [0.5, 0.6) is 0 Å². The molecular formula is C11H8BrFN2OS. The van der Waals surface area contributed by atoms with E-state index in [2.05, 4.69) is 26.2 Å². The maximum Gasteiger partial charge on any atom is 0.270 e. The van der Waals surface area contributed by atoms with Crippen LogP contribution in [0.1, 0.15) is 15.4 Å². The van der Waals surface area contributed by atoms with Crippen molar-refractivity contribution in [2.45, 2.75) is 6.54 Å². The molecular weight excluding hydrogens is 307 g/mol. The van der Waals surface area contributed by atoms with Crippen LogP contribution in [0.3, 0.4) is 0 Å². The average molecular weight is 315 g/mol. The average Bonchev–Trinajstić information content (AvgIpc) is 2.72. The molecule has 0 aliphatic rings. The summed E-state index contributed by atoms with van der Waals surface area (Å²) in [6.07, 6.45) is 0. The Balaban J connectivity index is 1.98. The van der Waals surface area contributed by atoms with Crippen molar-refractivity contribution in [1.29, 1.82) is 0 Å². The van der Waals surface area contributed by atoms with E-state index in [1.807, 2.05) is 12.1 Å². The van der Waals surface area contributed by atoms with Gasteiger partial charge in [0.25, 0.3) is 5.91 Å². The fourth-order valence-electron chi connectivity index (χ4n) is 1.24. The Morgan fingerprint density at radius 2 is 2.24 bits per heavy atom. The van der Waals surface area contributed by atoms with Crippen LogP contribution >= 0.6 is 27.3 Å². The van der Waals surface area contributed by atoms with Crippen LogP contribution in [0, 0.1) is 5.95 Å². The van der Waals surface area contributed by atoms with Crippen molar-refractivity contribution in [3.63, 3.8) is 0 Å². The first kappa shape index (κ1) is 12.2. The first-order chi connectivity index (χ1) is 8.15. The predicted molar refractivity (Wildman–Crippen MR) is 67.4 cm³/mol. The number of halogens is 2. The first-order valence-electron chi connectivity index (χ1n) is 4.80. The van der Waals surface area contributed by atoms with Gasteiger partial charge in [0.1, 0.15) is 5.69 Å². The summed E-state index contributed by atoms with van der Waals surface area (Å²) in [4.78, 5) is 16.2. The standard InChI is InChI=1S/C11H8BrFN2OS/c12-9-5-4-7(17-9)6-14-11(16)8-2-1-3-10(13)15-8/h1-5H,6H2,(H,14,16). The molecule has 0 fully saturated rings. The monoisotopic (exact) mass is 314 g/mol. The van der Waals surface area contributed by atoms with Gasteiger partial charge < -0.3 is 5.32 Å². The van der Waals surface area contributed by atoms with Crippen LogP contribution in [-0.4, -0.2) is 10.9 Å². The van der Waals surface area contributed by atoms with E-state index in [-0.39, 0.29) is 11.6 Å². The highest BCUT2D eigenvalue weighted by atomic mass is 79.9. The number of carbonyl (C=O) groups excluding carboxylic acids is 1. The zero-order chi connectivity index (χ0) is 12.3. The third-order valence-electron chi connectivity index (χ3n) is 2.00. The van der Waals surface area contributed by atoms with E-state index in [1.165, 1.54) is 29.5 Å². The topological polar surface area (TPSA) is 42.0 Å². The molecule has 3 nitrogen and oxygen atoms in total. The Bertz CT molecular complexity index is 544. The third-order valence-corrected chi connectivity index (χ3v) is 3.62. The van der Waals surface area contributed by atoms with Crippen LogP contribution in [0.2, 0.25) is 0 Å². The van der Waals surface area contributed by atoms with Gasteiger partial charge in [0.15, 0.2) is 0 Å². The van der Waals surface area contributed by atoms with Crippen LogP contribution in [0.15, 0.2) is 34.1 Å². The summed E-state index contributed by atoms with van der Waals surface area (Å²) in [5.74, 6) is -1.04. The minimum Gasteiger partial charge on any atom is -0.346 e. The molecule has 0 unspecified atom stereocenters. The van der Waals surface area contributed by atoms with Gasteiger partial charge in [-0.05, 0) is 40.2 Å². The second-order valence-electron chi connectivity index (χ2n) is 3.23. The first-order valence-corrected chi connectivity index (χ1v) is 6.41. The molecule has 1 N–H and O–H groups in total. The van der Waals surface area contributed by atoms with E-state index >= 15 is 0 Å². The SMILES string of the molecule is O=C(NCc1ccc(Br)s1)c1cccc(F)n1. The summed E-state index contributed by atoms with van der Waals surface area (Å²) in [6.45, 7) is 0.410. The number of pyridine rings is 1. The lowest BCUT2D eigenvalue weighted by Gasteiger charge is -2.02. The highest BCUT2D eigenvalue weighted by Crippen LogP contribution is 2.21. The quantitative estimate of drug-likeness (QED) is 0.885. The summed E-state index contributed by atoms with van der Waals surface area (Å²) in [5.41, 5.74) is 0.0839. The lowest BCUT2D eigenvalue weighted by molar-refractivity contribution is 0.0945. The van der Waals surface area contributed by atoms with Gasteiger partial charge in [-0.25, -0.2) is 4.98 Å². The number of carbonyl (C=O) groups is 1. The molecule has 0 spiro atoms. The van der Waals surface area contributed by atoms with Crippen LogP contribution in [0.25, 0.3) is 0 Å². The number of rotatable bonds is 3. The molecule has 0 aliphatic heterocycles. The minimum absolute atomic E-state index is 0.0839. The number of hydrogen-bond donors (Lipinski definition) is 1. The second kappa shape index (κ2) is 5.37. The van der Waals surface area contributed by atoms with E-state index in [1.54, 1.807) is 0 Å². The molecule has 0 saturated carbocycles. The summed E-state index contributed by atoms with van der Waals surface area (Å²) in [6, 6.07) is 7.95. The molecule has 0 atom stereocenters. The van der Waals surface area contributed by atoms with E-state index < -0.39 is 5.95 Å². The van der Waals surface area contributed by atoms with Crippen molar-refractivity contribution in [2.75, 3.05) is 0 Å². The van der Waals surface area contributed by atoms with E-state index in [0.29, 0.717) is 6.54 Å². The summed E-state index contributed by atoms with van der Waals surface area (Å²) < 4.78 is 13.8. The van der Waals surface area contributed by atoms with Crippen LogP contribution in [0.4, 0.5) is 4.39 Å². The highest BCUT2D eigenvalue weighted by Gasteiger charge is 2.08. The van der Waals surface area contributed by atoms with Gasteiger partial charge in [-0.15, -0.1) is 11.3 Å². The number of nitrogens with zero attached hydrogens (tertiary/aromatic N) is 1. The fraction of sp³-hybridized carbons (Fsp3) is 0.0909. The number of amides is 1. The van der Waals surface area contributed by atoms with E-state index in [9.17, 15) is 9.18 Å². The molecule has 88 valence electrons. The van der Waals surface area contributed by atoms with Crippen molar-refractivity contribution >= 4 is 33.2 Å². The van der Waals surface area contributed by atoms with Gasteiger partial charge in [0, 0.05) is 4.88 Å². The zero-order valence-electron chi connectivity index (χ0n) is 8.61. The molecule has 2 rings (SSSR count). The molecule has 2 aromatic rings. The molecule has 0 radical (unpaired) electrons. The predicted octanol–water partition coefficient (Wildman–Crippen LogP) is 2.97. The Morgan fingerprint density at radius 1 is 1.41 bits per heavy atom. The molecule has 0 aromatic carbocycles. The third kappa shape index (κ3) is 3.34. The van der Waals surface area contributed by atoms with Gasteiger partial charge in [0.2, 0.25) is 5.95 Å². The summed E-state index contributed by atoms with van der Waals surface area (Å²) >= 11 is 4.87. The largest absolute Gasteiger partial charge is 0.346 e. The van der Waals surface area contributed by atoms with Gasteiger partial charge in [-0.2, -0.15) is 4.39 Å². The zero-order valence-corrected chi connectivity index (χ0v) is 11.0. The highest BCUT2D eigenvalue weighted by molar-refractivity contribution is 9.11. The molecule has 0 bridgehead atoms. The van der Waals surface area contributed by atoms with Crippen LogP contribution in [-0.2, 0) is 6.54 Å². The van der Waals surface area contributed by atoms with Gasteiger partial charge in [0.05, 0.1) is 10.3 Å². The molecule has 0 saturated heterocycles. The van der Waals surface area contributed by atoms with E-state index in [0.717, 1.165) is 8.66 Å². The lowest BCUT2D eigenvalue weighted by atomic mass is 10.3. The molecule has 2 heterocycles.